The largest absolute Gasteiger partial charge is 0.493 e. The Balaban J connectivity index is 1.55. The fourth-order valence-electron chi connectivity index (χ4n) is 3.34. The molecule has 2 aromatic carbocycles. The molecule has 0 saturated carbocycles. The third kappa shape index (κ3) is 5.70. The number of nitrogens with one attached hydrogen (secondary N) is 1. The molecule has 1 heterocycles. The zero-order valence-electron chi connectivity index (χ0n) is 18.3. The van der Waals surface area contributed by atoms with E-state index in [0.717, 1.165) is 27.8 Å². The van der Waals surface area contributed by atoms with Crippen molar-refractivity contribution in [1.29, 1.82) is 0 Å². The maximum absolute atomic E-state index is 12.7. The van der Waals surface area contributed by atoms with Crippen LogP contribution in [0, 0.1) is 0 Å². The lowest BCUT2D eigenvalue weighted by Gasteiger charge is -2.15. The predicted octanol–water partition coefficient (Wildman–Crippen LogP) is 4.05. The van der Waals surface area contributed by atoms with Gasteiger partial charge in [0.05, 0.1) is 19.1 Å². The van der Waals surface area contributed by atoms with Gasteiger partial charge in [-0.05, 0) is 47.0 Å². The molecule has 1 fully saturated rings. The molecule has 32 heavy (non-hydrogen) atoms. The summed E-state index contributed by atoms with van der Waals surface area (Å²) < 4.78 is 10.5. The number of benzene rings is 2. The van der Waals surface area contributed by atoms with E-state index in [-0.39, 0.29) is 36.1 Å². The first-order chi connectivity index (χ1) is 15.4. The Morgan fingerprint density at radius 1 is 1.09 bits per heavy atom. The summed E-state index contributed by atoms with van der Waals surface area (Å²) in [6.45, 7) is 2.33. The maximum Gasteiger partial charge on any atom is 0.293 e. The standard InChI is InChI=1S/C24H26N2O5S/c1-16(18-7-5-4-6-8-18)13-22(27)25-11-12-26-23(28)21(32-24(26)29)15-17-9-10-19(30-2)20(14-17)31-3/h4-10,14-16H,11-13H2,1-3H3,(H,25,27)/b21-15+/t16-/m0/s1. The first-order valence-electron chi connectivity index (χ1n) is 10.2. The monoisotopic (exact) mass is 454 g/mol. The number of thioether (sulfide) groups is 1. The highest BCUT2D eigenvalue weighted by Gasteiger charge is 2.34. The highest BCUT2D eigenvalue weighted by atomic mass is 32.2. The van der Waals surface area contributed by atoms with E-state index in [2.05, 4.69) is 5.32 Å². The summed E-state index contributed by atoms with van der Waals surface area (Å²) in [5.41, 5.74) is 1.81. The van der Waals surface area contributed by atoms with E-state index < -0.39 is 0 Å². The summed E-state index contributed by atoms with van der Waals surface area (Å²) in [4.78, 5) is 38.7. The number of carbonyl (C=O) groups is 3. The molecule has 1 aliphatic rings. The molecule has 1 atom stereocenters. The molecular weight excluding hydrogens is 428 g/mol. The molecule has 8 heteroatoms. The van der Waals surface area contributed by atoms with Gasteiger partial charge in [-0.2, -0.15) is 0 Å². The molecule has 1 N–H and O–H groups in total. The SMILES string of the molecule is COc1ccc(/C=C2/SC(=O)N(CCNC(=O)C[C@H](C)c3ccccc3)C2=O)cc1OC. The van der Waals surface area contributed by atoms with Crippen molar-refractivity contribution in [1.82, 2.24) is 10.2 Å². The van der Waals surface area contributed by atoms with E-state index >= 15 is 0 Å². The van der Waals surface area contributed by atoms with Crippen LogP contribution in [-0.4, -0.2) is 49.3 Å². The number of methoxy groups -OCH3 is 2. The highest BCUT2D eigenvalue weighted by molar-refractivity contribution is 8.18. The van der Waals surface area contributed by atoms with Gasteiger partial charge in [-0.1, -0.05) is 43.3 Å². The third-order valence-corrected chi connectivity index (χ3v) is 6.00. The van der Waals surface area contributed by atoms with Gasteiger partial charge in [-0.3, -0.25) is 19.3 Å². The van der Waals surface area contributed by atoms with Gasteiger partial charge in [0, 0.05) is 19.5 Å². The highest BCUT2D eigenvalue weighted by Crippen LogP contribution is 2.34. The molecule has 0 aliphatic carbocycles. The lowest BCUT2D eigenvalue weighted by molar-refractivity contribution is -0.124. The minimum Gasteiger partial charge on any atom is -0.493 e. The van der Waals surface area contributed by atoms with Crippen LogP contribution in [0.15, 0.2) is 53.4 Å². The number of hydrogen-bond donors (Lipinski definition) is 1. The second-order valence-corrected chi connectivity index (χ2v) is 8.31. The number of amides is 3. The van der Waals surface area contributed by atoms with Crippen LogP contribution in [0.3, 0.4) is 0 Å². The quantitative estimate of drug-likeness (QED) is 0.576. The number of ether oxygens (including phenoxy) is 2. The average molecular weight is 455 g/mol. The molecule has 1 aliphatic heterocycles. The topological polar surface area (TPSA) is 84.9 Å². The molecule has 0 bridgehead atoms. The summed E-state index contributed by atoms with van der Waals surface area (Å²) in [6, 6.07) is 15.1. The van der Waals surface area contributed by atoms with Gasteiger partial charge in [-0.15, -0.1) is 0 Å². The summed E-state index contributed by atoms with van der Waals surface area (Å²) in [6.07, 6.45) is 1.98. The first-order valence-corrected chi connectivity index (χ1v) is 11.0. The van der Waals surface area contributed by atoms with Gasteiger partial charge in [0.15, 0.2) is 11.5 Å². The Morgan fingerprint density at radius 3 is 2.50 bits per heavy atom. The van der Waals surface area contributed by atoms with Gasteiger partial charge in [0.2, 0.25) is 5.91 Å². The fourth-order valence-corrected chi connectivity index (χ4v) is 4.21. The number of nitrogens with zero attached hydrogens (tertiary/aromatic N) is 1. The minimum atomic E-state index is -0.373. The van der Waals surface area contributed by atoms with E-state index in [1.165, 1.54) is 7.11 Å². The molecule has 0 radical (unpaired) electrons. The van der Waals surface area contributed by atoms with Crippen LogP contribution < -0.4 is 14.8 Å². The second kappa shape index (κ2) is 10.9. The van der Waals surface area contributed by atoms with Crippen LogP contribution in [-0.2, 0) is 9.59 Å². The zero-order chi connectivity index (χ0) is 23.1. The van der Waals surface area contributed by atoms with Gasteiger partial charge in [-0.25, -0.2) is 0 Å². The Bertz CT molecular complexity index is 1020. The first kappa shape index (κ1) is 23.4. The maximum atomic E-state index is 12.7. The van der Waals surface area contributed by atoms with E-state index in [1.54, 1.807) is 31.4 Å². The van der Waals surface area contributed by atoms with Crippen LogP contribution in [0.25, 0.3) is 6.08 Å². The number of rotatable bonds is 9. The molecule has 3 amide bonds. The van der Waals surface area contributed by atoms with Crippen molar-refractivity contribution in [2.75, 3.05) is 27.3 Å². The van der Waals surface area contributed by atoms with E-state index in [9.17, 15) is 14.4 Å². The number of carbonyl (C=O) groups excluding carboxylic acids is 3. The second-order valence-electron chi connectivity index (χ2n) is 7.31. The van der Waals surface area contributed by atoms with Crippen LogP contribution in [0.2, 0.25) is 0 Å². The number of imide groups is 1. The van der Waals surface area contributed by atoms with Crippen molar-refractivity contribution in [2.24, 2.45) is 0 Å². The van der Waals surface area contributed by atoms with Crippen LogP contribution in [0.4, 0.5) is 4.79 Å². The lowest BCUT2D eigenvalue weighted by atomic mass is 9.98. The summed E-state index contributed by atoms with van der Waals surface area (Å²) in [5, 5.41) is 2.45. The molecule has 2 aromatic rings. The van der Waals surface area contributed by atoms with Gasteiger partial charge >= 0.3 is 0 Å². The van der Waals surface area contributed by atoms with E-state index in [0.29, 0.717) is 22.8 Å². The molecular formula is C24H26N2O5S. The molecule has 1 saturated heterocycles. The fraction of sp³-hybridized carbons (Fsp3) is 0.292. The van der Waals surface area contributed by atoms with E-state index in [1.807, 2.05) is 37.3 Å². The summed E-state index contributed by atoms with van der Waals surface area (Å²) >= 11 is 0.881. The van der Waals surface area contributed by atoms with Gasteiger partial charge < -0.3 is 14.8 Å². The Morgan fingerprint density at radius 2 is 1.81 bits per heavy atom. The van der Waals surface area contributed by atoms with Crippen LogP contribution >= 0.6 is 11.8 Å². The molecule has 0 unspecified atom stereocenters. The van der Waals surface area contributed by atoms with Crippen molar-refractivity contribution >= 4 is 34.9 Å². The molecule has 0 spiro atoms. The van der Waals surface area contributed by atoms with Crippen molar-refractivity contribution < 1.29 is 23.9 Å². The molecule has 168 valence electrons. The van der Waals surface area contributed by atoms with Gasteiger partial charge in [0.25, 0.3) is 11.1 Å². The van der Waals surface area contributed by atoms with Crippen molar-refractivity contribution in [3.05, 3.63) is 64.6 Å². The number of hydrogen-bond acceptors (Lipinski definition) is 6. The Labute approximate surface area is 191 Å². The van der Waals surface area contributed by atoms with Crippen LogP contribution in [0.1, 0.15) is 30.4 Å². The Hall–Kier alpha value is -3.26. The third-order valence-electron chi connectivity index (χ3n) is 5.10. The predicted molar refractivity (Wildman–Crippen MR) is 125 cm³/mol. The minimum absolute atomic E-state index is 0.0813. The van der Waals surface area contributed by atoms with Crippen molar-refractivity contribution in [3.63, 3.8) is 0 Å². The normalized spacial score (nSPS) is 15.7. The van der Waals surface area contributed by atoms with Gasteiger partial charge in [0.1, 0.15) is 0 Å². The average Bonchev–Trinajstić information content (AvgIpc) is 3.06. The van der Waals surface area contributed by atoms with Crippen LogP contribution in [0.5, 0.6) is 11.5 Å². The summed E-state index contributed by atoms with van der Waals surface area (Å²) in [5.74, 6) is 0.705. The summed E-state index contributed by atoms with van der Waals surface area (Å²) in [7, 11) is 3.08. The zero-order valence-corrected chi connectivity index (χ0v) is 19.1. The lowest BCUT2D eigenvalue weighted by Crippen LogP contribution is -2.37. The molecule has 0 aromatic heterocycles. The van der Waals surface area contributed by atoms with Crippen molar-refractivity contribution in [3.8, 4) is 11.5 Å². The molecule has 7 nitrogen and oxygen atoms in total. The smallest absolute Gasteiger partial charge is 0.293 e. The van der Waals surface area contributed by atoms with Crippen molar-refractivity contribution in [2.45, 2.75) is 19.3 Å². The van der Waals surface area contributed by atoms with E-state index in [4.69, 9.17) is 9.47 Å². The Kier molecular flexibility index (Phi) is 7.94. The molecule has 3 rings (SSSR count).